The van der Waals surface area contributed by atoms with Crippen molar-refractivity contribution in [2.45, 2.75) is 33.9 Å². The standard InChI is InChI=1S/C20H11BrF4N4O2.2C2H6/c21-11-7-16-17(26-9-11)29-18(31-16)14-8-13(5-6-15(14)22)28-19(30)27-12-3-1-10(2-4-12)20(23,24)25;2*1-2/h1-9H,(H2,27,28,30);2*1-2H3. The van der Waals surface area contributed by atoms with Gasteiger partial charge in [-0.15, -0.1) is 0 Å². The fraction of sp³-hybridized carbons (Fsp3) is 0.208. The van der Waals surface area contributed by atoms with Gasteiger partial charge in [0.1, 0.15) is 5.82 Å². The Hall–Kier alpha value is -3.47. The van der Waals surface area contributed by atoms with Crippen LogP contribution in [0.25, 0.3) is 22.7 Å². The van der Waals surface area contributed by atoms with Crippen molar-refractivity contribution in [2.75, 3.05) is 10.6 Å². The van der Waals surface area contributed by atoms with Crippen molar-refractivity contribution in [3.63, 3.8) is 0 Å². The summed E-state index contributed by atoms with van der Waals surface area (Å²) in [5.74, 6) is -0.649. The van der Waals surface area contributed by atoms with Crippen LogP contribution in [0, 0.1) is 5.82 Å². The van der Waals surface area contributed by atoms with Crippen LogP contribution in [0.15, 0.2) is 63.6 Å². The van der Waals surface area contributed by atoms with Crippen LogP contribution in [0.2, 0.25) is 0 Å². The van der Waals surface area contributed by atoms with Crippen LogP contribution in [-0.4, -0.2) is 16.0 Å². The number of alkyl halides is 3. The molecule has 2 N–H and O–H groups in total. The van der Waals surface area contributed by atoms with Gasteiger partial charge in [0.15, 0.2) is 11.2 Å². The van der Waals surface area contributed by atoms with E-state index in [1.54, 1.807) is 6.07 Å². The number of hydrogen-bond donors (Lipinski definition) is 2. The van der Waals surface area contributed by atoms with E-state index in [2.05, 4.69) is 36.5 Å². The van der Waals surface area contributed by atoms with E-state index in [9.17, 15) is 22.4 Å². The second-order valence-electron chi connectivity index (χ2n) is 6.34. The maximum absolute atomic E-state index is 14.3. The number of fused-ring (bicyclic) bond motifs is 1. The summed E-state index contributed by atoms with van der Waals surface area (Å²) < 4.78 is 58.4. The lowest BCUT2D eigenvalue weighted by atomic mass is 10.2. The monoisotopic (exact) mass is 554 g/mol. The number of aromatic nitrogens is 2. The predicted octanol–water partition coefficient (Wildman–Crippen LogP) is 8.51. The third kappa shape index (κ3) is 7.25. The number of anilines is 2. The number of benzene rings is 2. The van der Waals surface area contributed by atoms with E-state index in [1.165, 1.54) is 18.3 Å². The Balaban J connectivity index is 0.00000103. The number of pyridine rings is 1. The van der Waals surface area contributed by atoms with Gasteiger partial charge in [0.2, 0.25) is 5.89 Å². The zero-order chi connectivity index (χ0) is 26.2. The molecule has 4 rings (SSSR count). The summed E-state index contributed by atoms with van der Waals surface area (Å²) in [6, 6.07) is 8.64. The van der Waals surface area contributed by atoms with Gasteiger partial charge in [-0.3, -0.25) is 0 Å². The van der Waals surface area contributed by atoms with Crippen molar-refractivity contribution in [1.82, 2.24) is 9.97 Å². The minimum Gasteiger partial charge on any atom is -0.434 e. The van der Waals surface area contributed by atoms with E-state index < -0.39 is 23.6 Å². The van der Waals surface area contributed by atoms with Gasteiger partial charge in [-0.25, -0.2) is 14.2 Å². The minimum atomic E-state index is -4.47. The summed E-state index contributed by atoms with van der Waals surface area (Å²) in [7, 11) is 0. The van der Waals surface area contributed by atoms with E-state index in [4.69, 9.17) is 4.42 Å². The molecule has 0 atom stereocenters. The number of halogens is 5. The highest BCUT2D eigenvalue weighted by atomic mass is 79.9. The Labute approximate surface area is 207 Å². The number of urea groups is 1. The number of carbonyl (C=O) groups is 1. The van der Waals surface area contributed by atoms with Crippen LogP contribution in [0.1, 0.15) is 33.3 Å². The minimum absolute atomic E-state index is 0.00134. The number of carbonyl (C=O) groups excluding carboxylic acids is 1. The Bertz CT molecular complexity index is 1270. The van der Waals surface area contributed by atoms with Gasteiger partial charge in [-0.1, -0.05) is 27.7 Å². The van der Waals surface area contributed by atoms with Crippen molar-refractivity contribution in [3.05, 3.63) is 70.6 Å². The Morgan fingerprint density at radius 2 is 1.54 bits per heavy atom. The third-order valence-electron chi connectivity index (χ3n) is 4.14. The predicted molar refractivity (Wildman–Crippen MR) is 132 cm³/mol. The molecule has 2 amide bonds. The Kier molecular flexibility index (Phi) is 9.76. The smallest absolute Gasteiger partial charge is 0.416 e. The first-order valence-corrected chi connectivity index (χ1v) is 11.5. The number of oxazole rings is 1. The zero-order valence-electron chi connectivity index (χ0n) is 19.3. The van der Waals surface area contributed by atoms with Gasteiger partial charge in [0, 0.05) is 28.1 Å². The number of amides is 2. The molecule has 0 bridgehead atoms. The molecule has 4 aromatic rings. The van der Waals surface area contributed by atoms with Crippen molar-refractivity contribution >= 4 is 44.6 Å². The summed E-state index contributed by atoms with van der Waals surface area (Å²) >= 11 is 3.26. The van der Waals surface area contributed by atoms with Crippen LogP contribution in [0.5, 0.6) is 0 Å². The molecule has 2 heterocycles. The molecule has 0 radical (unpaired) electrons. The molecule has 0 aliphatic heterocycles. The molecule has 0 spiro atoms. The second-order valence-corrected chi connectivity index (χ2v) is 7.26. The van der Waals surface area contributed by atoms with Gasteiger partial charge in [0.05, 0.1) is 11.1 Å². The maximum Gasteiger partial charge on any atom is 0.416 e. The topological polar surface area (TPSA) is 80.0 Å². The molecular weight excluding hydrogens is 532 g/mol. The molecule has 11 heteroatoms. The molecule has 35 heavy (non-hydrogen) atoms. The summed E-state index contributed by atoms with van der Waals surface area (Å²) in [6.45, 7) is 8.00. The molecule has 6 nitrogen and oxygen atoms in total. The SMILES string of the molecule is CC.CC.O=C(Nc1ccc(C(F)(F)F)cc1)Nc1ccc(F)c(-c2nc3ncc(Br)cc3o2)c1. The lowest BCUT2D eigenvalue weighted by Crippen LogP contribution is -2.19. The van der Waals surface area contributed by atoms with Crippen molar-refractivity contribution in [3.8, 4) is 11.5 Å². The van der Waals surface area contributed by atoms with E-state index in [0.29, 0.717) is 10.1 Å². The highest BCUT2D eigenvalue weighted by molar-refractivity contribution is 9.10. The number of nitrogens with zero attached hydrogens (tertiary/aromatic N) is 2. The molecule has 2 aromatic heterocycles. The fourth-order valence-corrected chi connectivity index (χ4v) is 3.02. The Morgan fingerprint density at radius 1 is 0.943 bits per heavy atom. The first-order chi connectivity index (χ1) is 16.7. The highest BCUT2D eigenvalue weighted by Gasteiger charge is 2.30. The first kappa shape index (κ1) is 27.8. The average molecular weight is 555 g/mol. The number of hydrogen-bond acceptors (Lipinski definition) is 4. The number of rotatable bonds is 3. The molecule has 0 unspecified atom stereocenters. The lowest BCUT2D eigenvalue weighted by molar-refractivity contribution is -0.137. The summed E-state index contributed by atoms with van der Waals surface area (Å²) in [5.41, 5.74) is 0.182. The van der Waals surface area contributed by atoms with Crippen molar-refractivity contribution in [2.24, 2.45) is 0 Å². The first-order valence-electron chi connectivity index (χ1n) is 10.7. The molecule has 0 aliphatic rings. The van der Waals surface area contributed by atoms with Crippen LogP contribution < -0.4 is 10.6 Å². The van der Waals surface area contributed by atoms with E-state index in [0.717, 1.165) is 30.3 Å². The molecular formula is C24H23BrF4N4O2. The van der Waals surface area contributed by atoms with Crippen molar-refractivity contribution in [1.29, 1.82) is 0 Å². The molecule has 186 valence electrons. The van der Waals surface area contributed by atoms with E-state index in [-0.39, 0.29) is 28.5 Å². The lowest BCUT2D eigenvalue weighted by Gasteiger charge is -2.10. The van der Waals surface area contributed by atoms with Crippen LogP contribution in [-0.2, 0) is 6.18 Å². The van der Waals surface area contributed by atoms with Gasteiger partial charge in [-0.05, 0) is 58.4 Å². The van der Waals surface area contributed by atoms with E-state index in [1.807, 2.05) is 27.7 Å². The van der Waals surface area contributed by atoms with Crippen LogP contribution in [0.4, 0.5) is 33.7 Å². The summed E-state index contributed by atoms with van der Waals surface area (Å²) in [6.07, 6.45) is -2.95. The summed E-state index contributed by atoms with van der Waals surface area (Å²) in [4.78, 5) is 20.4. The van der Waals surface area contributed by atoms with Crippen LogP contribution >= 0.6 is 15.9 Å². The van der Waals surface area contributed by atoms with Gasteiger partial charge >= 0.3 is 12.2 Å². The molecule has 0 saturated heterocycles. The van der Waals surface area contributed by atoms with Gasteiger partial charge < -0.3 is 15.1 Å². The molecule has 0 aliphatic carbocycles. The second kappa shape index (κ2) is 12.3. The molecule has 0 saturated carbocycles. The highest BCUT2D eigenvalue weighted by Crippen LogP contribution is 2.31. The zero-order valence-corrected chi connectivity index (χ0v) is 20.9. The maximum atomic E-state index is 14.3. The van der Waals surface area contributed by atoms with Crippen LogP contribution in [0.3, 0.4) is 0 Å². The Morgan fingerprint density at radius 3 is 2.17 bits per heavy atom. The summed E-state index contributed by atoms with van der Waals surface area (Å²) in [5, 5.41) is 4.89. The van der Waals surface area contributed by atoms with Gasteiger partial charge in [-0.2, -0.15) is 18.2 Å². The van der Waals surface area contributed by atoms with Gasteiger partial charge in [0.25, 0.3) is 0 Å². The fourth-order valence-electron chi connectivity index (χ4n) is 2.71. The largest absolute Gasteiger partial charge is 0.434 e. The number of nitrogens with one attached hydrogen (secondary N) is 2. The normalized spacial score (nSPS) is 10.5. The average Bonchev–Trinajstić information content (AvgIpc) is 3.25. The van der Waals surface area contributed by atoms with E-state index >= 15 is 0 Å². The molecule has 2 aromatic carbocycles. The third-order valence-corrected chi connectivity index (χ3v) is 4.57. The quantitative estimate of drug-likeness (QED) is 0.249. The molecule has 0 fully saturated rings. The van der Waals surface area contributed by atoms with Crippen molar-refractivity contribution < 1.29 is 26.8 Å².